The molecular formula is C10H17N3S. The highest BCUT2D eigenvalue weighted by Crippen LogP contribution is 2.35. The Morgan fingerprint density at radius 2 is 2.21 bits per heavy atom. The predicted octanol–water partition coefficient (Wildman–Crippen LogP) is 2.17. The van der Waals surface area contributed by atoms with Gasteiger partial charge < -0.3 is 5.32 Å². The van der Waals surface area contributed by atoms with Gasteiger partial charge in [-0.3, -0.25) is 4.68 Å². The van der Waals surface area contributed by atoms with E-state index in [0.29, 0.717) is 4.75 Å². The zero-order valence-corrected chi connectivity index (χ0v) is 10.0. The number of nitrogens with one attached hydrogen (secondary N) is 1. The molecule has 1 N–H and O–H groups in total. The van der Waals surface area contributed by atoms with Crippen LogP contribution in [0.4, 0.5) is 5.82 Å². The first kappa shape index (κ1) is 9.90. The highest BCUT2D eigenvalue weighted by atomic mass is 32.2. The molecule has 0 bridgehead atoms. The third-order valence-electron chi connectivity index (χ3n) is 2.63. The van der Waals surface area contributed by atoms with Crippen molar-refractivity contribution >= 4 is 17.6 Å². The number of hydrogen-bond donors (Lipinski definition) is 1. The maximum atomic E-state index is 4.42. The smallest absolute Gasteiger partial charge is 0.128 e. The molecule has 78 valence electrons. The van der Waals surface area contributed by atoms with Crippen molar-refractivity contribution in [2.75, 3.05) is 11.9 Å². The summed E-state index contributed by atoms with van der Waals surface area (Å²) >= 11 is 2.00. The first-order valence-corrected chi connectivity index (χ1v) is 5.88. The molecule has 0 amide bonds. The average Bonchev–Trinajstić information content (AvgIpc) is 2.26. The summed E-state index contributed by atoms with van der Waals surface area (Å²) in [5.74, 6) is 2.26. The lowest BCUT2D eigenvalue weighted by molar-refractivity contribution is 0.722. The molecule has 3 nitrogen and oxygen atoms in total. The molecule has 0 unspecified atom stereocenters. The summed E-state index contributed by atoms with van der Waals surface area (Å²) in [7, 11) is 2.00. The second kappa shape index (κ2) is 3.19. The molecule has 0 saturated heterocycles. The third kappa shape index (κ3) is 1.63. The second-order valence-electron chi connectivity index (χ2n) is 4.44. The summed E-state index contributed by atoms with van der Waals surface area (Å²) in [6.45, 7) is 7.64. The minimum atomic E-state index is 0.311. The van der Waals surface area contributed by atoms with E-state index < -0.39 is 0 Å². The summed E-state index contributed by atoms with van der Waals surface area (Å²) < 4.78 is 2.26. The van der Waals surface area contributed by atoms with Gasteiger partial charge in [0.25, 0.3) is 0 Å². The maximum absolute atomic E-state index is 4.42. The Labute approximate surface area is 89.3 Å². The quantitative estimate of drug-likeness (QED) is 0.713. The van der Waals surface area contributed by atoms with E-state index in [4.69, 9.17) is 0 Å². The molecule has 0 spiro atoms. The Bertz CT molecular complexity index is 324. The van der Waals surface area contributed by atoms with E-state index in [-0.39, 0.29) is 0 Å². The number of fused-ring (bicyclic) bond motifs is 1. The van der Waals surface area contributed by atoms with Crippen LogP contribution in [0.1, 0.15) is 25.1 Å². The molecule has 0 radical (unpaired) electrons. The fourth-order valence-corrected chi connectivity index (χ4v) is 2.77. The minimum absolute atomic E-state index is 0.311. The number of aromatic nitrogens is 2. The molecule has 1 aliphatic heterocycles. The van der Waals surface area contributed by atoms with Gasteiger partial charge in [0, 0.05) is 29.7 Å². The standard InChI is InChI=1S/C10H17N3S/c1-7-8-5-14-10(2,3)6-11-9(8)13(4)12-7/h11H,5-6H2,1-4H3. The van der Waals surface area contributed by atoms with E-state index in [1.807, 2.05) is 23.5 Å². The van der Waals surface area contributed by atoms with E-state index in [9.17, 15) is 0 Å². The van der Waals surface area contributed by atoms with Crippen LogP contribution < -0.4 is 5.32 Å². The fraction of sp³-hybridized carbons (Fsp3) is 0.700. The molecule has 0 atom stereocenters. The molecule has 0 aromatic carbocycles. The van der Waals surface area contributed by atoms with Crippen LogP contribution in [0.3, 0.4) is 0 Å². The van der Waals surface area contributed by atoms with Crippen molar-refractivity contribution < 1.29 is 0 Å². The zero-order chi connectivity index (χ0) is 10.3. The van der Waals surface area contributed by atoms with Crippen LogP contribution in [-0.2, 0) is 12.8 Å². The van der Waals surface area contributed by atoms with E-state index in [0.717, 1.165) is 18.0 Å². The van der Waals surface area contributed by atoms with Gasteiger partial charge in [0.2, 0.25) is 0 Å². The number of nitrogens with zero attached hydrogens (tertiary/aromatic N) is 2. The molecule has 1 aromatic rings. The van der Waals surface area contributed by atoms with Crippen molar-refractivity contribution in [2.24, 2.45) is 7.05 Å². The predicted molar refractivity (Wildman–Crippen MR) is 61.8 cm³/mol. The van der Waals surface area contributed by atoms with Gasteiger partial charge in [-0.05, 0) is 20.8 Å². The van der Waals surface area contributed by atoms with E-state index in [1.54, 1.807) is 0 Å². The summed E-state index contributed by atoms with van der Waals surface area (Å²) in [6.07, 6.45) is 0. The van der Waals surface area contributed by atoms with Crippen molar-refractivity contribution in [3.63, 3.8) is 0 Å². The summed E-state index contributed by atoms with van der Waals surface area (Å²) in [5, 5.41) is 7.91. The topological polar surface area (TPSA) is 29.9 Å². The first-order valence-electron chi connectivity index (χ1n) is 4.90. The molecule has 1 aliphatic rings. The van der Waals surface area contributed by atoms with Crippen molar-refractivity contribution in [3.8, 4) is 0 Å². The van der Waals surface area contributed by atoms with Crippen LogP contribution in [0.5, 0.6) is 0 Å². The van der Waals surface area contributed by atoms with Crippen LogP contribution in [0.25, 0.3) is 0 Å². The van der Waals surface area contributed by atoms with Gasteiger partial charge in [-0.15, -0.1) is 11.8 Å². The average molecular weight is 211 g/mol. The lowest BCUT2D eigenvalue weighted by Crippen LogP contribution is -2.25. The lowest BCUT2D eigenvalue weighted by Gasteiger charge is -2.21. The number of rotatable bonds is 0. The van der Waals surface area contributed by atoms with Crippen LogP contribution in [0, 0.1) is 6.92 Å². The molecular weight excluding hydrogens is 194 g/mol. The Morgan fingerprint density at radius 1 is 1.50 bits per heavy atom. The molecule has 0 aliphatic carbocycles. The van der Waals surface area contributed by atoms with Crippen LogP contribution in [0.15, 0.2) is 0 Å². The summed E-state index contributed by atoms with van der Waals surface area (Å²) in [6, 6.07) is 0. The molecule has 1 aromatic heterocycles. The van der Waals surface area contributed by atoms with E-state index >= 15 is 0 Å². The van der Waals surface area contributed by atoms with Gasteiger partial charge in [-0.2, -0.15) is 5.10 Å². The van der Waals surface area contributed by atoms with E-state index in [1.165, 1.54) is 11.4 Å². The number of hydrogen-bond acceptors (Lipinski definition) is 3. The first-order chi connectivity index (χ1) is 6.49. The Hall–Kier alpha value is -0.640. The minimum Gasteiger partial charge on any atom is -0.369 e. The second-order valence-corrected chi connectivity index (χ2v) is 6.12. The third-order valence-corrected chi connectivity index (χ3v) is 3.99. The maximum Gasteiger partial charge on any atom is 0.128 e. The highest BCUT2D eigenvalue weighted by Gasteiger charge is 2.25. The molecule has 2 rings (SSSR count). The Morgan fingerprint density at radius 3 is 2.93 bits per heavy atom. The van der Waals surface area contributed by atoms with Crippen molar-refractivity contribution in [3.05, 3.63) is 11.3 Å². The number of anilines is 1. The lowest BCUT2D eigenvalue weighted by atomic mass is 10.2. The number of aryl methyl sites for hydroxylation is 2. The van der Waals surface area contributed by atoms with Crippen molar-refractivity contribution in [1.82, 2.24) is 9.78 Å². The molecule has 2 heterocycles. The van der Waals surface area contributed by atoms with E-state index in [2.05, 4.69) is 31.2 Å². The van der Waals surface area contributed by atoms with Gasteiger partial charge in [0.15, 0.2) is 0 Å². The summed E-state index contributed by atoms with van der Waals surface area (Å²) in [4.78, 5) is 0. The molecule has 14 heavy (non-hydrogen) atoms. The fourth-order valence-electron chi connectivity index (χ4n) is 1.71. The van der Waals surface area contributed by atoms with Crippen molar-refractivity contribution in [1.29, 1.82) is 0 Å². The molecule has 0 fully saturated rings. The SMILES string of the molecule is Cc1nn(C)c2c1CSC(C)(C)CN2. The normalized spacial score (nSPS) is 19.7. The Kier molecular flexibility index (Phi) is 2.26. The Balaban J connectivity index is 2.35. The highest BCUT2D eigenvalue weighted by molar-refractivity contribution is 7.99. The van der Waals surface area contributed by atoms with Crippen molar-refractivity contribution in [2.45, 2.75) is 31.3 Å². The van der Waals surface area contributed by atoms with Gasteiger partial charge in [0.05, 0.1) is 5.69 Å². The van der Waals surface area contributed by atoms with Crippen LogP contribution in [0.2, 0.25) is 0 Å². The van der Waals surface area contributed by atoms with Crippen LogP contribution >= 0.6 is 11.8 Å². The number of thioether (sulfide) groups is 1. The zero-order valence-electron chi connectivity index (χ0n) is 9.22. The van der Waals surface area contributed by atoms with Crippen LogP contribution in [-0.4, -0.2) is 21.1 Å². The van der Waals surface area contributed by atoms with Gasteiger partial charge in [-0.25, -0.2) is 0 Å². The van der Waals surface area contributed by atoms with Gasteiger partial charge in [-0.1, -0.05) is 0 Å². The van der Waals surface area contributed by atoms with Gasteiger partial charge >= 0.3 is 0 Å². The monoisotopic (exact) mass is 211 g/mol. The van der Waals surface area contributed by atoms with Gasteiger partial charge in [0.1, 0.15) is 5.82 Å². The largest absolute Gasteiger partial charge is 0.369 e. The molecule has 0 saturated carbocycles. The summed E-state index contributed by atoms with van der Waals surface area (Å²) in [5.41, 5.74) is 2.52. The molecule has 4 heteroatoms.